The third kappa shape index (κ3) is 3.47. The number of carboxylic acids is 1. The summed E-state index contributed by atoms with van der Waals surface area (Å²) in [5, 5.41) is 8.90. The molecule has 8 heteroatoms. The van der Waals surface area contributed by atoms with Gasteiger partial charge in [0.25, 0.3) is 0 Å². The first-order chi connectivity index (χ1) is 9.77. The summed E-state index contributed by atoms with van der Waals surface area (Å²) in [4.78, 5) is 14.2. The summed E-state index contributed by atoms with van der Waals surface area (Å²) in [5.41, 5.74) is -1.82. The molecule has 0 radical (unpaired) electrons. The lowest BCUT2D eigenvalue weighted by Gasteiger charge is -2.11. The Morgan fingerprint density at radius 3 is 2.33 bits per heavy atom. The smallest absolute Gasteiger partial charge is 0.418 e. The molecule has 0 amide bonds. The van der Waals surface area contributed by atoms with E-state index in [1.807, 2.05) is 0 Å². The predicted molar refractivity (Wildman–Crippen MR) is 62.7 cm³/mol. The third-order valence-corrected chi connectivity index (χ3v) is 2.42. The fraction of sp³-hybridized carbons (Fsp3) is 0.0769. The Hall–Kier alpha value is -2.64. The Labute approximate surface area is 115 Å². The van der Waals surface area contributed by atoms with Crippen molar-refractivity contribution in [3.05, 3.63) is 53.6 Å². The Kier molecular flexibility index (Phi) is 3.79. The lowest BCUT2D eigenvalue weighted by molar-refractivity contribution is -0.137. The van der Waals surface area contributed by atoms with Crippen LogP contribution in [0.5, 0.6) is 11.5 Å². The van der Waals surface area contributed by atoms with Crippen molar-refractivity contribution in [3.63, 3.8) is 0 Å². The van der Waals surface area contributed by atoms with Crippen molar-refractivity contribution in [2.45, 2.75) is 6.18 Å². The number of alkyl halides is 3. The molecule has 0 aliphatic rings. The highest BCUT2D eigenvalue weighted by molar-refractivity contribution is 5.88. The number of pyridine rings is 1. The zero-order chi connectivity index (χ0) is 15.6. The molecular formula is C13H7F4NO3. The van der Waals surface area contributed by atoms with Gasteiger partial charge >= 0.3 is 12.1 Å². The van der Waals surface area contributed by atoms with Crippen LogP contribution < -0.4 is 4.74 Å². The van der Waals surface area contributed by atoms with Crippen molar-refractivity contribution in [2.24, 2.45) is 0 Å². The van der Waals surface area contributed by atoms with Gasteiger partial charge in [0, 0.05) is 6.20 Å². The van der Waals surface area contributed by atoms with Crippen LogP contribution in [0.25, 0.3) is 0 Å². The Balaban J connectivity index is 2.43. The minimum atomic E-state index is -4.69. The van der Waals surface area contributed by atoms with E-state index in [2.05, 4.69) is 4.98 Å². The summed E-state index contributed by atoms with van der Waals surface area (Å²) in [5.74, 6) is -2.70. The van der Waals surface area contributed by atoms with E-state index in [-0.39, 0.29) is 5.75 Å². The molecule has 1 N–H and O–H groups in total. The van der Waals surface area contributed by atoms with E-state index in [9.17, 15) is 22.4 Å². The second kappa shape index (κ2) is 5.39. The minimum Gasteiger partial charge on any atom is -0.476 e. The summed E-state index contributed by atoms with van der Waals surface area (Å²) in [6, 6.07) is 4.88. The molecule has 0 spiro atoms. The van der Waals surface area contributed by atoms with Gasteiger partial charge in [-0.1, -0.05) is 0 Å². The molecule has 2 rings (SSSR count). The van der Waals surface area contributed by atoms with Crippen molar-refractivity contribution in [3.8, 4) is 11.5 Å². The lowest BCUT2D eigenvalue weighted by Crippen LogP contribution is -2.10. The van der Waals surface area contributed by atoms with Crippen LogP contribution in [-0.2, 0) is 6.18 Å². The number of nitrogens with zero attached hydrogens (tertiary/aromatic N) is 1. The van der Waals surface area contributed by atoms with Crippen LogP contribution in [0.3, 0.4) is 0 Å². The van der Waals surface area contributed by atoms with E-state index in [1.54, 1.807) is 0 Å². The number of ether oxygens (including phenoxy) is 1. The van der Waals surface area contributed by atoms with Gasteiger partial charge in [-0.3, -0.25) is 0 Å². The van der Waals surface area contributed by atoms with Gasteiger partial charge in [-0.05, 0) is 30.3 Å². The molecular weight excluding hydrogens is 294 g/mol. The lowest BCUT2D eigenvalue weighted by atomic mass is 10.2. The fourth-order valence-electron chi connectivity index (χ4n) is 1.47. The van der Waals surface area contributed by atoms with Gasteiger partial charge in [0.1, 0.15) is 11.6 Å². The summed E-state index contributed by atoms with van der Waals surface area (Å²) >= 11 is 0. The monoisotopic (exact) mass is 301 g/mol. The molecule has 0 saturated heterocycles. The van der Waals surface area contributed by atoms with Gasteiger partial charge in [0.05, 0.1) is 5.56 Å². The molecule has 0 bridgehead atoms. The zero-order valence-electron chi connectivity index (χ0n) is 10.2. The van der Waals surface area contributed by atoms with Gasteiger partial charge in [-0.25, -0.2) is 14.2 Å². The molecule has 1 aromatic carbocycles. The van der Waals surface area contributed by atoms with Gasteiger partial charge in [0.15, 0.2) is 11.4 Å². The number of hydrogen-bond acceptors (Lipinski definition) is 3. The molecule has 0 aliphatic heterocycles. The SMILES string of the molecule is O=C(O)c1ncc(C(F)(F)F)cc1Oc1ccc(F)cc1. The van der Waals surface area contributed by atoms with Gasteiger partial charge < -0.3 is 9.84 Å². The van der Waals surface area contributed by atoms with Crippen molar-refractivity contribution in [2.75, 3.05) is 0 Å². The van der Waals surface area contributed by atoms with Gasteiger partial charge in [-0.2, -0.15) is 13.2 Å². The topological polar surface area (TPSA) is 59.4 Å². The standard InChI is InChI=1S/C13H7F4NO3/c14-8-1-3-9(4-2-8)21-10-5-7(13(15,16)17)6-18-11(10)12(19)20/h1-6H,(H,19,20). The maximum absolute atomic E-state index is 12.7. The number of aromatic carboxylic acids is 1. The van der Waals surface area contributed by atoms with Crippen molar-refractivity contribution < 1.29 is 32.2 Å². The van der Waals surface area contributed by atoms with E-state index in [4.69, 9.17) is 9.84 Å². The van der Waals surface area contributed by atoms with Crippen LogP contribution >= 0.6 is 0 Å². The molecule has 0 unspecified atom stereocenters. The molecule has 1 aromatic heterocycles. The fourth-order valence-corrected chi connectivity index (χ4v) is 1.47. The summed E-state index contributed by atoms with van der Waals surface area (Å²) < 4.78 is 55.6. The first kappa shape index (κ1) is 14.8. The maximum Gasteiger partial charge on any atom is 0.418 e. The van der Waals surface area contributed by atoms with Crippen LogP contribution in [0.15, 0.2) is 36.5 Å². The molecule has 110 valence electrons. The highest BCUT2D eigenvalue weighted by Crippen LogP contribution is 2.33. The summed E-state index contributed by atoms with van der Waals surface area (Å²) in [6.45, 7) is 0. The molecule has 0 aliphatic carbocycles. The third-order valence-electron chi connectivity index (χ3n) is 2.42. The number of halogens is 4. The van der Waals surface area contributed by atoms with Crippen LogP contribution in [0.4, 0.5) is 17.6 Å². The molecule has 0 saturated carbocycles. The first-order valence-electron chi connectivity index (χ1n) is 5.51. The van der Waals surface area contributed by atoms with Gasteiger partial charge in [0.2, 0.25) is 0 Å². The first-order valence-corrected chi connectivity index (χ1v) is 5.51. The molecule has 0 fully saturated rings. The van der Waals surface area contributed by atoms with Gasteiger partial charge in [-0.15, -0.1) is 0 Å². The molecule has 0 atom stereocenters. The number of aromatic nitrogens is 1. The average Bonchev–Trinajstić information content (AvgIpc) is 2.40. The highest BCUT2D eigenvalue weighted by atomic mass is 19.4. The quantitative estimate of drug-likeness (QED) is 0.878. The minimum absolute atomic E-state index is 0.0139. The average molecular weight is 301 g/mol. The number of rotatable bonds is 3. The second-order valence-corrected chi connectivity index (χ2v) is 3.93. The van der Waals surface area contributed by atoms with Crippen molar-refractivity contribution >= 4 is 5.97 Å². The maximum atomic E-state index is 12.7. The normalized spacial score (nSPS) is 11.2. The highest BCUT2D eigenvalue weighted by Gasteiger charge is 2.32. The number of carbonyl (C=O) groups is 1. The van der Waals surface area contributed by atoms with Crippen molar-refractivity contribution in [1.29, 1.82) is 0 Å². The van der Waals surface area contributed by atoms with Crippen molar-refractivity contribution in [1.82, 2.24) is 4.98 Å². The van der Waals surface area contributed by atoms with Crippen LogP contribution in [-0.4, -0.2) is 16.1 Å². The Morgan fingerprint density at radius 2 is 1.81 bits per heavy atom. The number of benzene rings is 1. The molecule has 21 heavy (non-hydrogen) atoms. The van der Waals surface area contributed by atoms with E-state index in [1.165, 1.54) is 0 Å². The van der Waals surface area contributed by atoms with Crippen LogP contribution in [0.1, 0.15) is 16.1 Å². The predicted octanol–water partition coefficient (Wildman–Crippen LogP) is 3.73. The van der Waals surface area contributed by atoms with E-state index in [0.717, 1.165) is 24.3 Å². The number of carboxylic acid groups (broad SMARTS) is 1. The number of hydrogen-bond donors (Lipinski definition) is 1. The molecule has 4 nitrogen and oxygen atoms in total. The summed E-state index contributed by atoms with van der Waals surface area (Å²) in [6.07, 6.45) is -4.29. The van der Waals surface area contributed by atoms with E-state index >= 15 is 0 Å². The largest absolute Gasteiger partial charge is 0.476 e. The molecule has 1 heterocycles. The second-order valence-electron chi connectivity index (χ2n) is 3.93. The molecule has 2 aromatic rings. The summed E-state index contributed by atoms with van der Waals surface area (Å²) in [7, 11) is 0. The van der Waals surface area contributed by atoms with Crippen LogP contribution in [0, 0.1) is 5.82 Å². The Bertz CT molecular complexity index is 668. The van der Waals surface area contributed by atoms with Crippen LogP contribution in [0.2, 0.25) is 0 Å². The Morgan fingerprint density at radius 1 is 1.19 bits per heavy atom. The van der Waals surface area contributed by atoms with E-state index in [0.29, 0.717) is 12.3 Å². The van der Waals surface area contributed by atoms with E-state index < -0.39 is 35.0 Å². The zero-order valence-corrected chi connectivity index (χ0v) is 10.2.